The summed E-state index contributed by atoms with van der Waals surface area (Å²) in [7, 11) is 0. The fourth-order valence-corrected chi connectivity index (χ4v) is 4.82. The van der Waals surface area contributed by atoms with Gasteiger partial charge in [0, 0.05) is 12.2 Å². The number of hydrogen-bond acceptors (Lipinski definition) is 4. The average Bonchev–Trinajstić information content (AvgIpc) is 2.71. The van der Waals surface area contributed by atoms with E-state index >= 15 is 0 Å². The Hall–Kier alpha value is -0.870. The van der Waals surface area contributed by atoms with Crippen LogP contribution in [0.1, 0.15) is 39.5 Å². The van der Waals surface area contributed by atoms with Crippen LogP contribution in [0.2, 0.25) is 0 Å². The molecule has 0 unspecified atom stereocenters. The third-order valence-electron chi connectivity index (χ3n) is 5.66. The summed E-state index contributed by atoms with van der Waals surface area (Å²) in [4.78, 5) is 11.7. The minimum absolute atomic E-state index is 0.0851. The van der Waals surface area contributed by atoms with Gasteiger partial charge in [0.25, 0.3) is 0 Å². The van der Waals surface area contributed by atoms with Crippen molar-refractivity contribution in [2.45, 2.75) is 45.6 Å². The zero-order chi connectivity index (χ0) is 13.8. The van der Waals surface area contributed by atoms with Crippen molar-refractivity contribution in [2.24, 2.45) is 16.7 Å². The first-order valence-corrected chi connectivity index (χ1v) is 7.09. The number of aliphatic hydroxyl groups excluding tert-OH is 2. The zero-order valence-electron chi connectivity index (χ0n) is 11.6. The van der Waals surface area contributed by atoms with E-state index in [1.165, 1.54) is 0 Å². The molecule has 1 heterocycles. The van der Waals surface area contributed by atoms with Crippen molar-refractivity contribution in [3.8, 4) is 0 Å². The number of rotatable bonds is 1. The van der Waals surface area contributed by atoms with Gasteiger partial charge in [0.1, 0.15) is 6.61 Å². The smallest absolute Gasteiger partial charge is 0.334 e. The zero-order valence-corrected chi connectivity index (χ0v) is 11.6. The monoisotopic (exact) mass is 266 g/mol. The molecule has 4 heteroatoms. The number of carbonyl (C=O) groups is 1. The number of hydrogen-bond donors (Lipinski definition) is 2. The second-order valence-corrected chi connectivity index (χ2v) is 6.92. The molecule has 0 radical (unpaired) electrons. The molecular weight excluding hydrogens is 244 g/mol. The lowest BCUT2D eigenvalue weighted by Gasteiger charge is -2.55. The normalized spacial score (nSPS) is 45.8. The largest absolute Gasteiger partial charge is 0.458 e. The van der Waals surface area contributed by atoms with Gasteiger partial charge in [-0.1, -0.05) is 13.8 Å². The van der Waals surface area contributed by atoms with E-state index in [-0.39, 0.29) is 23.4 Å². The molecule has 0 bridgehead atoms. The maximum absolute atomic E-state index is 11.7. The molecule has 1 saturated carbocycles. The lowest BCUT2D eigenvalue weighted by atomic mass is 9.49. The predicted octanol–water partition coefficient (Wildman–Crippen LogP) is 1.41. The van der Waals surface area contributed by atoms with Crippen molar-refractivity contribution in [3.05, 3.63) is 11.1 Å². The first-order valence-electron chi connectivity index (χ1n) is 7.09. The Morgan fingerprint density at radius 1 is 1.37 bits per heavy atom. The summed E-state index contributed by atoms with van der Waals surface area (Å²) in [6.07, 6.45) is 2.54. The van der Waals surface area contributed by atoms with Crippen LogP contribution >= 0.6 is 0 Å². The highest BCUT2D eigenvalue weighted by atomic mass is 16.5. The Morgan fingerprint density at radius 2 is 2.11 bits per heavy atom. The van der Waals surface area contributed by atoms with Gasteiger partial charge in [0.15, 0.2) is 0 Å². The van der Waals surface area contributed by atoms with Gasteiger partial charge in [-0.2, -0.15) is 0 Å². The standard InChI is InChI=1S/C15H22O4/c1-14(8-16)5-9(17)6-15(2)11-7-19-13(18)10(11)3-4-12(14)15/h9,12,16-17H,3-8H2,1-2H3/t9-,12+,14+,15-/m0/s1. The van der Waals surface area contributed by atoms with Crippen LogP contribution in [-0.4, -0.2) is 35.5 Å². The van der Waals surface area contributed by atoms with E-state index in [0.717, 1.165) is 24.0 Å². The van der Waals surface area contributed by atoms with Crippen LogP contribution in [0.4, 0.5) is 0 Å². The summed E-state index contributed by atoms with van der Waals surface area (Å²) in [5.41, 5.74) is 1.42. The SMILES string of the molecule is C[C@]1(CO)C[C@H](O)C[C@@]2(C)C3=C(CC[C@H]12)C(=O)OC3. The van der Waals surface area contributed by atoms with Gasteiger partial charge in [0.05, 0.1) is 6.10 Å². The molecule has 0 spiro atoms. The van der Waals surface area contributed by atoms with E-state index in [9.17, 15) is 15.0 Å². The topological polar surface area (TPSA) is 66.8 Å². The fraction of sp³-hybridized carbons (Fsp3) is 0.800. The van der Waals surface area contributed by atoms with E-state index in [1.54, 1.807) is 0 Å². The molecule has 1 fully saturated rings. The highest BCUT2D eigenvalue weighted by Gasteiger charge is 2.56. The van der Waals surface area contributed by atoms with E-state index in [1.807, 2.05) is 0 Å². The van der Waals surface area contributed by atoms with Gasteiger partial charge in [-0.05, 0) is 48.0 Å². The number of carbonyl (C=O) groups excluding carboxylic acids is 1. The van der Waals surface area contributed by atoms with Crippen LogP contribution in [0.15, 0.2) is 11.1 Å². The highest BCUT2D eigenvalue weighted by molar-refractivity contribution is 5.92. The molecule has 4 nitrogen and oxygen atoms in total. The summed E-state index contributed by atoms with van der Waals surface area (Å²) in [6.45, 7) is 4.64. The fourth-order valence-electron chi connectivity index (χ4n) is 4.82. The Balaban J connectivity index is 2.07. The lowest BCUT2D eigenvalue weighted by molar-refractivity contribution is -0.136. The van der Waals surface area contributed by atoms with Crippen molar-refractivity contribution in [1.29, 1.82) is 0 Å². The van der Waals surface area contributed by atoms with Gasteiger partial charge < -0.3 is 14.9 Å². The molecule has 0 amide bonds. The molecule has 0 aromatic rings. The summed E-state index contributed by atoms with van der Waals surface area (Å²) in [5, 5.41) is 20.0. The number of aliphatic hydroxyl groups is 2. The maximum atomic E-state index is 11.7. The minimum atomic E-state index is -0.416. The van der Waals surface area contributed by atoms with E-state index in [4.69, 9.17) is 4.74 Å². The maximum Gasteiger partial charge on any atom is 0.334 e. The molecule has 2 N–H and O–H groups in total. The second kappa shape index (κ2) is 4.06. The Bertz CT molecular complexity index is 455. The lowest BCUT2D eigenvalue weighted by Crippen LogP contribution is -2.52. The van der Waals surface area contributed by atoms with Gasteiger partial charge >= 0.3 is 5.97 Å². The van der Waals surface area contributed by atoms with Crippen LogP contribution in [0.5, 0.6) is 0 Å². The Labute approximate surface area is 113 Å². The molecule has 4 atom stereocenters. The van der Waals surface area contributed by atoms with Crippen LogP contribution in [-0.2, 0) is 9.53 Å². The molecule has 0 aromatic carbocycles. The van der Waals surface area contributed by atoms with Gasteiger partial charge in [-0.25, -0.2) is 4.79 Å². The van der Waals surface area contributed by atoms with Crippen LogP contribution in [0.25, 0.3) is 0 Å². The van der Waals surface area contributed by atoms with Crippen molar-refractivity contribution in [3.63, 3.8) is 0 Å². The molecule has 2 aliphatic carbocycles. The van der Waals surface area contributed by atoms with E-state index in [0.29, 0.717) is 25.4 Å². The summed E-state index contributed by atoms with van der Waals surface area (Å²) >= 11 is 0. The number of cyclic esters (lactones) is 1. The molecule has 3 aliphatic rings. The Kier molecular flexibility index (Phi) is 2.81. The summed E-state index contributed by atoms with van der Waals surface area (Å²) in [6, 6.07) is 0. The van der Waals surface area contributed by atoms with Crippen molar-refractivity contribution >= 4 is 5.97 Å². The van der Waals surface area contributed by atoms with Crippen molar-refractivity contribution in [2.75, 3.05) is 13.2 Å². The molecule has 3 rings (SSSR count). The van der Waals surface area contributed by atoms with E-state index < -0.39 is 6.10 Å². The molecular formula is C15H22O4. The highest BCUT2D eigenvalue weighted by Crippen LogP contribution is 2.60. The minimum Gasteiger partial charge on any atom is -0.458 e. The quantitative estimate of drug-likeness (QED) is 0.704. The summed E-state index contributed by atoms with van der Waals surface area (Å²) < 4.78 is 5.19. The van der Waals surface area contributed by atoms with Crippen molar-refractivity contribution in [1.82, 2.24) is 0 Å². The van der Waals surface area contributed by atoms with Crippen LogP contribution < -0.4 is 0 Å². The molecule has 1 aliphatic heterocycles. The van der Waals surface area contributed by atoms with Gasteiger partial charge in [0.2, 0.25) is 0 Å². The van der Waals surface area contributed by atoms with Crippen molar-refractivity contribution < 1.29 is 19.7 Å². The van der Waals surface area contributed by atoms with Crippen LogP contribution in [0.3, 0.4) is 0 Å². The number of esters is 1. The first kappa shape index (κ1) is 13.1. The molecule has 106 valence electrons. The third-order valence-corrected chi connectivity index (χ3v) is 5.66. The Morgan fingerprint density at radius 3 is 2.79 bits per heavy atom. The number of ether oxygens (including phenoxy) is 1. The number of fused-ring (bicyclic) bond motifs is 2. The van der Waals surface area contributed by atoms with Gasteiger partial charge in [-0.15, -0.1) is 0 Å². The predicted molar refractivity (Wildman–Crippen MR) is 69.2 cm³/mol. The molecule has 0 saturated heterocycles. The molecule has 19 heavy (non-hydrogen) atoms. The summed E-state index contributed by atoms with van der Waals surface area (Å²) in [5.74, 6) is 0.127. The van der Waals surface area contributed by atoms with Crippen LogP contribution in [0, 0.1) is 16.7 Å². The average molecular weight is 266 g/mol. The van der Waals surface area contributed by atoms with E-state index in [2.05, 4.69) is 13.8 Å². The third kappa shape index (κ3) is 1.69. The van der Waals surface area contributed by atoms with Gasteiger partial charge in [-0.3, -0.25) is 0 Å². The molecule has 0 aromatic heterocycles. The first-order chi connectivity index (χ1) is 8.90. The second-order valence-electron chi connectivity index (χ2n) is 6.92.